The topological polar surface area (TPSA) is 83.6 Å². The number of nitrogens with two attached hydrogens (primary N) is 1. The van der Waals surface area contributed by atoms with Crippen LogP contribution in [-0.2, 0) is 4.79 Å². The molecular weight excluding hydrogens is 244 g/mol. The van der Waals surface area contributed by atoms with Crippen LogP contribution in [0.1, 0.15) is 22.8 Å². The Morgan fingerprint density at radius 3 is 2.63 bits per heavy atom. The zero-order chi connectivity index (χ0) is 14.2. The minimum atomic E-state index is -0.813. The second kappa shape index (κ2) is 4.91. The monoisotopic (exact) mass is 262 g/mol. The molecular formula is C14H18N2O3. The lowest BCUT2D eigenvalue weighted by Gasteiger charge is -2.41. The zero-order valence-corrected chi connectivity index (χ0v) is 11.1. The third-order valence-corrected chi connectivity index (χ3v) is 3.73. The van der Waals surface area contributed by atoms with Gasteiger partial charge in [0.1, 0.15) is 0 Å². The number of aliphatic carboxylic acids is 1. The SMILES string of the molecule is Cc1ccc(N)c(C(=O)N2CC(C(C)C(=O)O)C2)c1. The molecule has 1 amide bonds. The van der Waals surface area contributed by atoms with Crippen LogP contribution >= 0.6 is 0 Å². The predicted molar refractivity (Wildman–Crippen MR) is 71.8 cm³/mol. The van der Waals surface area contributed by atoms with Crippen LogP contribution < -0.4 is 5.73 Å². The van der Waals surface area contributed by atoms with Gasteiger partial charge in [-0.1, -0.05) is 18.6 Å². The van der Waals surface area contributed by atoms with E-state index in [0.29, 0.717) is 24.3 Å². The van der Waals surface area contributed by atoms with Gasteiger partial charge in [-0.25, -0.2) is 0 Å². The number of carbonyl (C=O) groups excluding carboxylic acids is 1. The van der Waals surface area contributed by atoms with E-state index >= 15 is 0 Å². The summed E-state index contributed by atoms with van der Waals surface area (Å²) in [6, 6.07) is 5.35. The van der Waals surface area contributed by atoms with Crippen molar-refractivity contribution in [3.63, 3.8) is 0 Å². The number of amides is 1. The van der Waals surface area contributed by atoms with Crippen LogP contribution in [0, 0.1) is 18.8 Å². The number of nitrogens with zero attached hydrogens (tertiary/aromatic N) is 1. The van der Waals surface area contributed by atoms with Crippen LogP contribution in [0.3, 0.4) is 0 Å². The maximum atomic E-state index is 12.2. The number of likely N-dealkylation sites (tertiary alicyclic amines) is 1. The first-order valence-electron chi connectivity index (χ1n) is 6.28. The maximum absolute atomic E-state index is 12.2. The van der Waals surface area contributed by atoms with Gasteiger partial charge in [0.15, 0.2) is 0 Å². The molecule has 19 heavy (non-hydrogen) atoms. The molecule has 1 aromatic carbocycles. The molecule has 1 saturated heterocycles. The molecule has 102 valence electrons. The molecule has 0 aromatic heterocycles. The molecule has 0 radical (unpaired) electrons. The Morgan fingerprint density at radius 2 is 2.05 bits per heavy atom. The highest BCUT2D eigenvalue weighted by Gasteiger charge is 2.37. The van der Waals surface area contributed by atoms with Crippen LogP contribution in [0.4, 0.5) is 5.69 Å². The molecule has 5 heteroatoms. The molecule has 5 nitrogen and oxygen atoms in total. The average molecular weight is 262 g/mol. The fourth-order valence-electron chi connectivity index (χ4n) is 2.22. The number of benzene rings is 1. The lowest BCUT2D eigenvalue weighted by molar-refractivity contribution is -0.144. The lowest BCUT2D eigenvalue weighted by Crippen LogP contribution is -2.53. The molecule has 1 fully saturated rings. The molecule has 0 spiro atoms. The number of rotatable bonds is 3. The highest BCUT2D eigenvalue weighted by molar-refractivity contribution is 5.99. The Balaban J connectivity index is 2.04. The van der Waals surface area contributed by atoms with Gasteiger partial charge < -0.3 is 15.7 Å². The molecule has 1 heterocycles. The van der Waals surface area contributed by atoms with Crippen molar-refractivity contribution in [2.24, 2.45) is 11.8 Å². The van der Waals surface area contributed by atoms with Gasteiger partial charge in [-0.15, -0.1) is 0 Å². The lowest BCUT2D eigenvalue weighted by atomic mass is 9.86. The van der Waals surface area contributed by atoms with E-state index in [1.54, 1.807) is 24.0 Å². The van der Waals surface area contributed by atoms with Crippen LogP contribution in [-0.4, -0.2) is 35.0 Å². The standard InChI is InChI=1S/C14H18N2O3/c1-8-3-4-12(15)11(5-8)13(17)16-6-10(7-16)9(2)14(18)19/h3-5,9-10H,6-7,15H2,1-2H3,(H,18,19). The fourth-order valence-corrected chi connectivity index (χ4v) is 2.22. The molecule has 1 atom stereocenters. The van der Waals surface area contributed by atoms with E-state index < -0.39 is 11.9 Å². The Hall–Kier alpha value is -2.04. The summed E-state index contributed by atoms with van der Waals surface area (Å²) >= 11 is 0. The number of aryl methyl sites for hydroxylation is 1. The van der Waals surface area contributed by atoms with Crippen molar-refractivity contribution in [1.29, 1.82) is 0 Å². The summed E-state index contributed by atoms with van der Waals surface area (Å²) in [6.45, 7) is 4.55. The van der Waals surface area contributed by atoms with E-state index in [9.17, 15) is 9.59 Å². The molecule has 3 N–H and O–H groups in total. The van der Waals surface area contributed by atoms with Crippen molar-refractivity contribution in [3.05, 3.63) is 29.3 Å². The normalized spacial score (nSPS) is 16.8. The minimum absolute atomic E-state index is 0.0347. The van der Waals surface area contributed by atoms with Crippen molar-refractivity contribution in [1.82, 2.24) is 4.90 Å². The number of carbonyl (C=O) groups is 2. The first kappa shape index (κ1) is 13.4. The van der Waals surface area contributed by atoms with E-state index in [2.05, 4.69) is 0 Å². The van der Waals surface area contributed by atoms with Gasteiger partial charge in [0, 0.05) is 24.7 Å². The van der Waals surface area contributed by atoms with Crippen LogP contribution in [0.15, 0.2) is 18.2 Å². The molecule has 0 aliphatic carbocycles. The van der Waals surface area contributed by atoms with Crippen molar-refractivity contribution < 1.29 is 14.7 Å². The Labute approximate surface area is 112 Å². The molecule has 2 rings (SSSR count). The smallest absolute Gasteiger partial charge is 0.306 e. The van der Waals surface area contributed by atoms with E-state index in [1.807, 2.05) is 13.0 Å². The van der Waals surface area contributed by atoms with Crippen molar-refractivity contribution >= 4 is 17.6 Å². The Bertz CT molecular complexity index is 521. The molecule has 1 aromatic rings. The van der Waals surface area contributed by atoms with Gasteiger partial charge in [0.25, 0.3) is 5.91 Å². The van der Waals surface area contributed by atoms with Crippen LogP contribution in [0.25, 0.3) is 0 Å². The summed E-state index contributed by atoms with van der Waals surface area (Å²) in [4.78, 5) is 24.7. The predicted octanol–water partition coefficient (Wildman–Crippen LogP) is 1.37. The van der Waals surface area contributed by atoms with Gasteiger partial charge >= 0.3 is 5.97 Å². The summed E-state index contributed by atoms with van der Waals surface area (Å²) in [7, 11) is 0. The third kappa shape index (κ3) is 2.54. The van der Waals surface area contributed by atoms with Crippen molar-refractivity contribution in [2.75, 3.05) is 18.8 Å². The molecule has 1 unspecified atom stereocenters. The molecule has 0 bridgehead atoms. The number of nitrogen functional groups attached to an aromatic ring is 1. The summed E-state index contributed by atoms with van der Waals surface area (Å²) in [6.07, 6.45) is 0. The van der Waals surface area contributed by atoms with Gasteiger partial charge in [0.2, 0.25) is 0 Å². The van der Waals surface area contributed by atoms with Gasteiger partial charge in [-0.2, -0.15) is 0 Å². The van der Waals surface area contributed by atoms with E-state index in [0.717, 1.165) is 5.56 Å². The van der Waals surface area contributed by atoms with Crippen molar-refractivity contribution in [3.8, 4) is 0 Å². The maximum Gasteiger partial charge on any atom is 0.306 e. The molecule has 1 aliphatic heterocycles. The largest absolute Gasteiger partial charge is 0.481 e. The Kier molecular flexibility index (Phi) is 3.46. The van der Waals surface area contributed by atoms with E-state index in [4.69, 9.17) is 10.8 Å². The zero-order valence-electron chi connectivity index (χ0n) is 11.1. The second-order valence-corrected chi connectivity index (χ2v) is 5.19. The number of carboxylic acids is 1. The number of carboxylic acid groups (broad SMARTS) is 1. The average Bonchev–Trinajstić information content (AvgIpc) is 2.29. The highest BCUT2D eigenvalue weighted by Crippen LogP contribution is 2.27. The summed E-state index contributed by atoms with van der Waals surface area (Å²) in [5, 5.41) is 8.92. The second-order valence-electron chi connectivity index (χ2n) is 5.19. The summed E-state index contributed by atoms with van der Waals surface area (Å²) in [5.74, 6) is -1.31. The number of anilines is 1. The first-order chi connectivity index (χ1) is 8.90. The van der Waals surface area contributed by atoms with Crippen LogP contribution in [0.2, 0.25) is 0 Å². The van der Waals surface area contributed by atoms with E-state index in [-0.39, 0.29) is 11.8 Å². The quantitative estimate of drug-likeness (QED) is 0.806. The molecule has 1 aliphatic rings. The number of hydrogen-bond donors (Lipinski definition) is 2. The number of hydrogen-bond acceptors (Lipinski definition) is 3. The fraction of sp³-hybridized carbons (Fsp3) is 0.429. The summed E-state index contributed by atoms with van der Waals surface area (Å²) in [5.41, 5.74) is 7.75. The minimum Gasteiger partial charge on any atom is -0.481 e. The van der Waals surface area contributed by atoms with E-state index in [1.165, 1.54) is 0 Å². The van der Waals surface area contributed by atoms with Gasteiger partial charge in [-0.3, -0.25) is 9.59 Å². The summed E-state index contributed by atoms with van der Waals surface area (Å²) < 4.78 is 0. The first-order valence-corrected chi connectivity index (χ1v) is 6.28. The van der Waals surface area contributed by atoms with Gasteiger partial charge in [-0.05, 0) is 19.1 Å². The Morgan fingerprint density at radius 1 is 1.42 bits per heavy atom. The van der Waals surface area contributed by atoms with Crippen LogP contribution in [0.5, 0.6) is 0 Å². The highest BCUT2D eigenvalue weighted by atomic mass is 16.4. The third-order valence-electron chi connectivity index (χ3n) is 3.73. The van der Waals surface area contributed by atoms with Gasteiger partial charge in [0.05, 0.1) is 11.5 Å². The molecule has 0 saturated carbocycles. The van der Waals surface area contributed by atoms with Crippen molar-refractivity contribution in [2.45, 2.75) is 13.8 Å².